The summed E-state index contributed by atoms with van der Waals surface area (Å²) in [7, 11) is 0. The van der Waals surface area contributed by atoms with Crippen LogP contribution in [0.25, 0.3) is 22.3 Å². The van der Waals surface area contributed by atoms with Crippen LogP contribution < -0.4 is 0 Å². The number of likely N-dealkylation sites (tertiary alicyclic amines) is 1. The van der Waals surface area contributed by atoms with E-state index < -0.39 is 11.7 Å². The first-order chi connectivity index (χ1) is 15.3. The molecule has 0 amide bonds. The Morgan fingerprint density at radius 3 is 2.09 bits per heavy atom. The molecule has 1 fully saturated rings. The highest BCUT2D eigenvalue weighted by molar-refractivity contribution is 5.71. The summed E-state index contributed by atoms with van der Waals surface area (Å²) < 4.78 is 41.3. The van der Waals surface area contributed by atoms with E-state index in [1.165, 1.54) is 12.1 Å². The van der Waals surface area contributed by atoms with Gasteiger partial charge in [-0.05, 0) is 71.2 Å². The third-order valence-corrected chi connectivity index (χ3v) is 6.21. The molecule has 0 saturated carbocycles. The zero-order valence-corrected chi connectivity index (χ0v) is 18.7. The van der Waals surface area contributed by atoms with Gasteiger partial charge in [-0.15, -0.1) is 0 Å². The van der Waals surface area contributed by atoms with Gasteiger partial charge < -0.3 is 4.90 Å². The van der Waals surface area contributed by atoms with Crippen LogP contribution in [-0.4, -0.2) is 24.5 Å². The third-order valence-electron chi connectivity index (χ3n) is 6.21. The maximum absolute atomic E-state index is 13.8. The van der Waals surface area contributed by atoms with Crippen molar-refractivity contribution in [3.8, 4) is 22.3 Å². The molecule has 1 unspecified atom stereocenters. The largest absolute Gasteiger partial charge is 0.416 e. The smallest absolute Gasteiger partial charge is 0.302 e. The molecule has 1 saturated heterocycles. The monoisotopic (exact) mass is 437 g/mol. The van der Waals surface area contributed by atoms with Crippen molar-refractivity contribution in [2.75, 3.05) is 19.6 Å². The number of benzene rings is 3. The summed E-state index contributed by atoms with van der Waals surface area (Å²) in [6.07, 6.45) is -2.40. The van der Waals surface area contributed by atoms with Crippen molar-refractivity contribution in [1.29, 1.82) is 0 Å². The van der Waals surface area contributed by atoms with Crippen LogP contribution in [0.1, 0.15) is 43.7 Å². The number of piperidine rings is 1. The van der Waals surface area contributed by atoms with Crippen LogP contribution >= 0.6 is 0 Å². The van der Waals surface area contributed by atoms with Crippen molar-refractivity contribution in [2.24, 2.45) is 5.92 Å². The van der Waals surface area contributed by atoms with E-state index in [1.807, 2.05) is 60.7 Å². The van der Waals surface area contributed by atoms with E-state index in [1.54, 1.807) is 0 Å². The van der Waals surface area contributed by atoms with Crippen LogP contribution in [0.5, 0.6) is 0 Å². The normalized spacial score (nSPS) is 17.6. The Morgan fingerprint density at radius 1 is 0.844 bits per heavy atom. The SMILES string of the molecule is CC(C)CN1CCCC(c2cc(-c3ccc(-c4ccccc4)cc3)cc(C(F)(F)F)c2)C1. The van der Waals surface area contributed by atoms with E-state index in [0.717, 1.165) is 54.7 Å². The zero-order chi connectivity index (χ0) is 22.7. The van der Waals surface area contributed by atoms with Crippen molar-refractivity contribution in [3.05, 3.63) is 83.9 Å². The molecule has 1 heterocycles. The molecular formula is C28H30F3N. The number of halogens is 3. The van der Waals surface area contributed by atoms with Gasteiger partial charge in [-0.1, -0.05) is 74.5 Å². The minimum absolute atomic E-state index is 0.132. The Kier molecular flexibility index (Phi) is 6.71. The standard InChI is InChI=1S/C28H30F3N/c1-20(2)18-32-14-6-9-24(19-32)26-15-25(16-27(17-26)28(29,30)31)23-12-10-22(11-13-23)21-7-4-3-5-8-21/h3-5,7-8,10-13,15-17,20,24H,6,9,14,18-19H2,1-2H3. The van der Waals surface area contributed by atoms with E-state index in [4.69, 9.17) is 0 Å². The molecule has 3 aromatic carbocycles. The lowest BCUT2D eigenvalue weighted by Crippen LogP contribution is -2.36. The Bertz CT molecular complexity index is 1020. The first kappa shape index (κ1) is 22.6. The van der Waals surface area contributed by atoms with Gasteiger partial charge in [0, 0.05) is 13.1 Å². The van der Waals surface area contributed by atoms with Gasteiger partial charge in [0.05, 0.1) is 5.56 Å². The molecular weight excluding hydrogens is 407 g/mol. The Hall–Kier alpha value is -2.59. The molecule has 168 valence electrons. The molecule has 1 nitrogen and oxygen atoms in total. The maximum atomic E-state index is 13.8. The highest BCUT2D eigenvalue weighted by atomic mass is 19.4. The molecule has 0 N–H and O–H groups in total. The number of hydrogen-bond acceptors (Lipinski definition) is 1. The van der Waals surface area contributed by atoms with Crippen LogP contribution in [0.15, 0.2) is 72.8 Å². The summed E-state index contributed by atoms with van der Waals surface area (Å²) in [6.45, 7) is 7.22. The fourth-order valence-corrected chi connectivity index (χ4v) is 4.71. The van der Waals surface area contributed by atoms with E-state index in [9.17, 15) is 13.2 Å². The average Bonchev–Trinajstić information content (AvgIpc) is 2.79. The zero-order valence-electron chi connectivity index (χ0n) is 18.7. The van der Waals surface area contributed by atoms with E-state index in [-0.39, 0.29) is 5.92 Å². The molecule has 4 heteroatoms. The predicted octanol–water partition coefficient (Wildman–Crippen LogP) is 7.87. The second-order valence-electron chi connectivity index (χ2n) is 9.28. The van der Waals surface area contributed by atoms with Gasteiger partial charge in [-0.3, -0.25) is 0 Å². The van der Waals surface area contributed by atoms with Crippen molar-refractivity contribution in [2.45, 2.75) is 38.8 Å². The molecule has 0 aromatic heterocycles. The van der Waals surface area contributed by atoms with Crippen LogP contribution in [0.4, 0.5) is 13.2 Å². The van der Waals surface area contributed by atoms with Gasteiger partial charge in [-0.25, -0.2) is 0 Å². The molecule has 0 radical (unpaired) electrons. The molecule has 1 atom stereocenters. The van der Waals surface area contributed by atoms with E-state index >= 15 is 0 Å². The fraction of sp³-hybridized carbons (Fsp3) is 0.357. The second-order valence-corrected chi connectivity index (χ2v) is 9.28. The highest BCUT2D eigenvalue weighted by Gasteiger charge is 2.32. The van der Waals surface area contributed by atoms with Crippen molar-refractivity contribution in [1.82, 2.24) is 4.90 Å². The van der Waals surface area contributed by atoms with Crippen molar-refractivity contribution >= 4 is 0 Å². The second kappa shape index (κ2) is 9.50. The molecule has 0 spiro atoms. The Morgan fingerprint density at radius 2 is 1.47 bits per heavy atom. The number of alkyl halides is 3. The van der Waals surface area contributed by atoms with Gasteiger partial charge in [-0.2, -0.15) is 13.2 Å². The van der Waals surface area contributed by atoms with Crippen LogP contribution in [0.3, 0.4) is 0 Å². The van der Waals surface area contributed by atoms with Gasteiger partial charge in [0.1, 0.15) is 0 Å². The summed E-state index contributed by atoms with van der Waals surface area (Å²) >= 11 is 0. The summed E-state index contributed by atoms with van der Waals surface area (Å²) in [4.78, 5) is 2.40. The molecule has 1 aliphatic rings. The lowest BCUT2D eigenvalue weighted by Gasteiger charge is -2.34. The van der Waals surface area contributed by atoms with Crippen molar-refractivity contribution in [3.63, 3.8) is 0 Å². The van der Waals surface area contributed by atoms with Gasteiger partial charge in [0.15, 0.2) is 0 Å². The maximum Gasteiger partial charge on any atom is 0.416 e. The van der Waals surface area contributed by atoms with E-state index in [2.05, 4.69) is 18.7 Å². The lowest BCUT2D eigenvalue weighted by molar-refractivity contribution is -0.137. The fourth-order valence-electron chi connectivity index (χ4n) is 4.71. The average molecular weight is 438 g/mol. The van der Waals surface area contributed by atoms with Crippen LogP contribution in [0.2, 0.25) is 0 Å². The molecule has 4 rings (SSSR count). The first-order valence-corrected chi connectivity index (χ1v) is 11.4. The number of hydrogen-bond donors (Lipinski definition) is 0. The minimum atomic E-state index is -4.36. The summed E-state index contributed by atoms with van der Waals surface area (Å²) in [6, 6.07) is 22.4. The molecule has 32 heavy (non-hydrogen) atoms. The predicted molar refractivity (Wildman–Crippen MR) is 126 cm³/mol. The quantitative estimate of drug-likeness (QED) is 0.392. The Balaban J connectivity index is 1.66. The summed E-state index contributed by atoms with van der Waals surface area (Å²) in [5, 5.41) is 0. The van der Waals surface area contributed by atoms with Gasteiger partial charge in [0.2, 0.25) is 0 Å². The van der Waals surface area contributed by atoms with E-state index in [0.29, 0.717) is 11.5 Å². The van der Waals surface area contributed by atoms with Crippen molar-refractivity contribution < 1.29 is 13.2 Å². The van der Waals surface area contributed by atoms with Crippen LogP contribution in [0, 0.1) is 5.92 Å². The Labute approximate surface area is 188 Å². The van der Waals surface area contributed by atoms with Gasteiger partial charge >= 0.3 is 6.18 Å². The number of nitrogens with zero attached hydrogens (tertiary/aromatic N) is 1. The lowest BCUT2D eigenvalue weighted by atomic mass is 9.87. The summed E-state index contributed by atoms with van der Waals surface area (Å²) in [5.74, 6) is 0.682. The number of rotatable bonds is 5. The molecule has 3 aromatic rings. The molecule has 0 bridgehead atoms. The third kappa shape index (κ3) is 5.42. The molecule has 1 aliphatic heterocycles. The first-order valence-electron chi connectivity index (χ1n) is 11.4. The van der Waals surface area contributed by atoms with Gasteiger partial charge in [0.25, 0.3) is 0 Å². The van der Waals surface area contributed by atoms with Crippen LogP contribution in [-0.2, 0) is 6.18 Å². The molecule has 0 aliphatic carbocycles. The minimum Gasteiger partial charge on any atom is -0.302 e. The highest BCUT2D eigenvalue weighted by Crippen LogP contribution is 2.37. The topological polar surface area (TPSA) is 3.24 Å². The summed E-state index contributed by atoms with van der Waals surface area (Å²) in [5.41, 5.74) is 3.84.